The molecule has 0 spiro atoms. The van der Waals surface area contributed by atoms with Crippen LogP contribution in [0.1, 0.15) is 129 Å². The Labute approximate surface area is 397 Å². The summed E-state index contributed by atoms with van der Waals surface area (Å²) in [6.45, 7) is 21.3. The van der Waals surface area contributed by atoms with Gasteiger partial charge in [0.15, 0.2) is 0 Å². The molecular formula is C50H102O15. The van der Waals surface area contributed by atoms with Gasteiger partial charge in [-0.25, -0.2) is 0 Å². The van der Waals surface area contributed by atoms with Gasteiger partial charge in [0.1, 0.15) is 0 Å². The zero-order chi connectivity index (χ0) is 46.5. The van der Waals surface area contributed by atoms with E-state index in [9.17, 15) is 0 Å². The third-order valence-electron chi connectivity index (χ3n) is 9.99. The summed E-state index contributed by atoms with van der Waals surface area (Å²) in [6.07, 6.45) is 23.9. The lowest BCUT2D eigenvalue weighted by molar-refractivity contribution is -0.0300. The topological polar surface area (TPSA) is 138 Å². The maximum atomic E-state index is 5.65. The number of hydrogen-bond donors (Lipinski definition) is 0. The first-order valence-electron chi connectivity index (χ1n) is 26.1. The Balaban J connectivity index is 3.06. The Morgan fingerprint density at radius 1 is 0.123 bits per heavy atom. The van der Waals surface area contributed by atoms with Gasteiger partial charge in [-0.15, -0.1) is 0 Å². The molecule has 0 aliphatic heterocycles. The molecule has 0 heterocycles. The van der Waals surface area contributed by atoms with Crippen LogP contribution in [0.15, 0.2) is 0 Å². The first-order valence-corrected chi connectivity index (χ1v) is 26.1. The third-order valence-corrected chi connectivity index (χ3v) is 9.99. The molecule has 0 aromatic heterocycles. The molecule has 0 aliphatic rings. The van der Waals surface area contributed by atoms with Crippen molar-refractivity contribution < 1.29 is 71.1 Å². The minimum atomic E-state index is 0.509. The highest BCUT2D eigenvalue weighted by Gasteiger charge is 1.99. The van der Waals surface area contributed by atoms with E-state index in [2.05, 4.69) is 13.8 Å². The monoisotopic (exact) mass is 943 g/mol. The molecule has 0 N–H and O–H groups in total. The summed E-state index contributed by atoms with van der Waals surface area (Å²) in [4.78, 5) is 0. The van der Waals surface area contributed by atoms with Gasteiger partial charge in [0, 0.05) is 13.2 Å². The second-order valence-corrected chi connectivity index (χ2v) is 15.8. The van der Waals surface area contributed by atoms with Gasteiger partial charge in [0.2, 0.25) is 0 Å². The van der Waals surface area contributed by atoms with E-state index in [0.717, 1.165) is 26.1 Å². The van der Waals surface area contributed by atoms with Crippen molar-refractivity contribution in [1.29, 1.82) is 0 Å². The van der Waals surface area contributed by atoms with Crippen molar-refractivity contribution in [3.8, 4) is 0 Å². The average Bonchev–Trinajstić information content (AvgIpc) is 3.32. The average molecular weight is 943 g/mol. The van der Waals surface area contributed by atoms with E-state index in [1.807, 2.05) is 0 Å². The molecule has 0 saturated carbocycles. The molecule has 0 atom stereocenters. The molecular weight excluding hydrogens is 841 g/mol. The second-order valence-electron chi connectivity index (χ2n) is 15.8. The predicted octanol–water partition coefficient (Wildman–Crippen LogP) is 8.30. The summed E-state index contributed by atoms with van der Waals surface area (Å²) in [6, 6.07) is 0. The van der Waals surface area contributed by atoms with Crippen molar-refractivity contribution >= 4 is 0 Å². The first kappa shape index (κ1) is 64.4. The standard InChI is InChI=1S/C50H102O15/c1-3-5-7-9-11-13-15-17-19-21-51-23-25-53-27-29-55-31-33-57-35-37-59-39-41-61-43-45-63-47-49-65-50-48-64-46-44-62-42-40-60-38-36-58-34-32-56-30-28-54-26-24-52-22-20-18-16-14-12-10-8-6-4-2/h3-50H2,1-2H3. The van der Waals surface area contributed by atoms with Crippen molar-refractivity contribution in [2.45, 2.75) is 129 Å². The SMILES string of the molecule is CCCCCCCCCCCOCCOCCOCCOCCOCCOCCOCCOCCOCCOCCOCCOCCOCCOCCOCCCCCCCCCCC. The van der Waals surface area contributed by atoms with Crippen LogP contribution in [0.2, 0.25) is 0 Å². The largest absolute Gasteiger partial charge is 0.379 e. The van der Waals surface area contributed by atoms with Crippen LogP contribution in [0, 0.1) is 0 Å². The van der Waals surface area contributed by atoms with Crippen molar-refractivity contribution in [3.63, 3.8) is 0 Å². The smallest absolute Gasteiger partial charge is 0.0701 e. The van der Waals surface area contributed by atoms with E-state index in [1.54, 1.807) is 0 Å². The number of hydrogen-bond acceptors (Lipinski definition) is 15. The Morgan fingerprint density at radius 3 is 0.369 bits per heavy atom. The maximum absolute atomic E-state index is 5.65. The van der Waals surface area contributed by atoms with Crippen LogP contribution in [0.25, 0.3) is 0 Å². The highest BCUT2D eigenvalue weighted by atomic mass is 16.6. The Bertz CT molecular complexity index is 742. The van der Waals surface area contributed by atoms with Crippen LogP contribution < -0.4 is 0 Å². The Hall–Kier alpha value is -0.600. The Kier molecular flexibility index (Phi) is 62.8. The molecule has 0 fully saturated rings. The van der Waals surface area contributed by atoms with E-state index in [-0.39, 0.29) is 0 Å². The fourth-order valence-corrected chi connectivity index (χ4v) is 6.21. The quantitative estimate of drug-likeness (QED) is 0.0540. The zero-order valence-corrected chi connectivity index (χ0v) is 42.1. The molecule has 0 radical (unpaired) electrons. The normalized spacial score (nSPS) is 11.7. The molecule has 0 rings (SSSR count). The van der Waals surface area contributed by atoms with Gasteiger partial charge in [0.05, 0.1) is 185 Å². The Morgan fingerprint density at radius 2 is 0.231 bits per heavy atom. The molecule has 0 bridgehead atoms. The fraction of sp³-hybridized carbons (Fsp3) is 1.00. The van der Waals surface area contributed by atoms with E-state index in [0.29, 0.717) is 185 Å². The summed E-state index contributed by atoms with van der Waals surface area (Å²) < 4.78 is 83.3. The van der Waals surface area contributed by atoms with Crippen molar-refractivity contribution in [1.82, 2.24) is 0 Å². The first-order chi connectivity index (χ1) is 32.4. The molecule has 65 heavy (non-hydrogen) atoms. The minimum absolute atomic E-state index is 0.509. The highest BCUT2D eigenvalue weighted by molar-refractivity contribution is 4.49. The summed E-state index contributed by atoms with van der Waals surface area (Å²) in [7, 11) is 0. The zero-order valence-electron chi connectivity index (χ0n) is 42.1. The van der Waals surface area contributed by atoms with Gasteiger partial charge < -0.3 is 71.1 Å². The van der Waals surface area contributed by atoms with Crippen LogP contribution in [0.4, 0.5) is 0 Å². The van der Waals surface area contributed by atoms with E-state index in [4.69, 9.17) is 71.1 Å². The van der Waals surface area contributed by atoms with Crippen LogP contribution >= 0.6 is 0 Å². The third kappa shape index (κ3) is 63.4. The molecule has 392 valence electrons. The molecule has 15 heteroatoms. The summed E-state index contributed by atoms with van der Waals surface area (Å²) >= 11 is 0. The maximum Gasteiger partial charge on any atom is 0.0701 e. The highest BCUT2D eigenvalue weighted by Crippen LogP contribution is 2.10. The van der Waals surface area contributed by atoms with Crippen molar-refractivity contribution in [2.24, 2.45) is 0 Å². The molecule has 0 unspecified atom stereocenters. The van der Waals surface area contributed by atoms with Gasteiger partial charge in [0.25, 0.3) is 0 Å². The summed E-state index contributed by atoms with van der Waals surface area (Å²) in [5.41, 5.74) is 0. The number of unbranched alkanes of at least 4 members (excludes halogenated alkanes) is 16. The molecule has 0 saturated heterocycles. The number of rotatable bonds is 62. The lowest BCUT2D eigenvalue weighted by atomic mass is 10.1. The van der Waals surface area contributed by atoms with Gasteiger partial charge in [-0.3, -0.25) is 0 Å². The lowest BCUT2D eigenvalue weighted by Gasteiger charge is -2.09. The fourth-order valence-electron chi connectivity index (χ4n) is 6.21. The second kappa shape index (κ2) is 63.4. The molecule has 0 aromatic carbocycles. The van der Waals surface area contributed by atoms with Gasteiger partial charge in [-0.05, 0) is 12.8 Å². The minimum Gasteiger partial charge on any atom is -0.379 e. The molecule has 0 amide bonds. The summed E-state index contributed by atoms with van der Waals surface area (Å²) in [5, 5.41) is 0. The molecule has 0 aliphatic carbocycles. The number of ether oxygens (including phenoxy) is 15. The van der Waals surface area contributed by atoms with E-state index < -0.39 is 0 Å². The predicted molar refractivity (Wildman–Crippen MR) is 257 cm³/mol. The van der Waals surface area contributed by atoms with E-state index in [1.165, 1.54) is 103 Å². The van der Waals surface area contributed by atoms with Crippen LogP contribution in [0.5, 0.6) is 0 Å². The molecule has 0 aromatic rings. The van der Waals surface area contributed by atoms with Gasteiger partial charge >= 0.3 is 0 Å². The summed E-state index contributed by atoms with van der Waals surface area (Å²) in [5.74, 6) is 0. The van der Waals surface area contributed by atoms with Crippen molar-refractivity contribution in [2.75, 3.05) is 198 Å². The van der Waals surface area contributed by atoms with Crippen LogP contribution in [-0.2, 0) is 71.1 Å². The van der Waals surface area contributed by atoms with E-state index >= 15 is 0 Å². The lowest BCUT2D eigenvalue weighted by Crippen LogP contribution is -2.15. The van der Waals surface area contributed by atoms with Gasteiger partial charge in [-0.1, -0.05) is 117 Å². The van der Waals surface area contributed by atoms with Crippen molar-refractivity contribution in [3.05, 3.63) is 0 Å². The van der Waals surface area contributed by atoms with Crippen LogP contribution in [0.3, 0.4) is 0 Å². The molecule has 15 nitrogen and oxygen atoms in total. The van der Waals surface area contributed by atoms with Crippen LogP contribution in [-0.4, -0.2) is 198 Å². The van der Waals surface area contributed by atoms with Gasteiger partial charge in [-0.2, -0.15) is 0 Å².